The van der Waals surface area contributed by atoms with Gasteiger partial charge in [0.25, 0.3) is 0 Å². The molecule has 0 spiro atoms. The van der Waals surface area contributed by atoms with Crippen molar-refractivity contribution >= 4 is 0 Å². The summed E-state index contributed by atoms with van der Waals surface area (Å²) in [6.45, 7) is 0. The van der Waals surface area contributed by atoms with Crippen LogP contribution in [0.25, 0.3) is 0 Å². The van der Waals surface area contributed by atoms with Crippen LogP contribution in [0.2, 0.25) is 0 Å². The van der Waals surface area contributed by atoms with Gasteiger partial charge in [0.2, 0.25) is 0 Å². The number of aryl methyl sites for hydroxylation is 1. The highest BCUT2D eigenvalue weighted by Gasteiger charge is 2.16. The van der Waals surface area contributed by atoms with Crippen molar-refractivity contribution in [2.75, 3.05) is 14.1 Å². The summed E-state index contributed by atoms with van der Waals surface area (Å²) >= 11 is 0. The maximum Gasteiger partial charge on any atom is 0.133 e. The Balaban J connectivity index is 0.000000408. The number of benzene rings is 2. The van der Waals surface area contributed by atoms with Crippen molar-refractivity contribution in [1.29, 1.82) is 0 Å². The van der Waals surface area contributed by atoms with Crippen LogP contribution >= 0.6 is 0 Å². The lowest BCUT2D eigenvalue weighted by Gasteiger charge is -2.08. The second-order valence-corrected chi connectivity index (χ2v) is 4.43. The number of hydrogen-bond acceptors (Lipinski definition) is 2. The first-order valence-corrected chi connectivity index (χ1v) is 6.38. The second kappa shape index (κ2) is 6.34. The van der Waals surface area contributed by atoms with E-state index in [0.29, 0.717) is 17.7 Å². The van der Waals surface area contributed by atoms with Crippen LogP contribution < -0.4 is 10.1 Å². The number of ether oxygens (including phenoxy) is 1. The predicted octanol–water partition coefficient (Wildman–Crippen LogP) is 3.55. The van der Waals surface area contributed by atoms with E-state index in [1.54, 1.807) is 6.07 Å². The Bertz CT molecular complexity index is 554. The summed E-state index contributed by atoms with van der Waals surface area (Å²) in [6, 6.07) is 12.9. The molecule has 1 aliphatic rings. The van der Waals surface area contributed by atoms with Gasteiger partial charge < -0.3 is 10.1 Å². The molecule has 0 saturated carbocycles. The number of para-hydroxylation sites is 1. The molecule has 3 heteroatoms. The van der Waals surface area contributed by atoms with Crippen LogP contribution in [-0.2, 0) is 12.8 Å². The Morgan fingerprint density at radius 3 is 2.42 bits per heavy atom. The van der Waals surface area contributed by atoms with E-state index in [-0.39, 0.29) is 5.82 Å². The average molecular weight is 259 g/mol. The average Bonchev–Trinajstić information content (AvgIpc) is 2.59. The molecule has 2 aromatic rings. The van der Waals surface area contributed by atoms with E-state index in [4.69, 9.17) is 4.74 Å². The fourth-order valence-corrected chi connectivity index (χ4v) is 2.07. The SMILES string of the molecule is CNC.Fc1cccc2c1CCc1ccccc1O2. The molecular weight excluding hydrogens is 241 g/mol. The van der Waals surface area contributed by atoms with Crippen LogP contribution in [0.5, 0.6) is 11.5 Å². The van der Waals surface area contributed by atoms with Gasteiger partial charge in [-0.15, -0.1) is 0 Å². The van der Waals surface area contributed by atoms with Crippen LogP contribution in [0.1, 0.15) is 11.1 Å². The molecule has 0 bridgehead atoms. The van der Waals surface area contributed by atoms with Crippen LogP contribution in [0.3, 0.4) is 0 Å². The third-order valence-electron chi connectivity index (χ3n) is 2.91. The van der Waals surface area contributed by atoms with Crippen molar-refractivity contribution in [2.45, 2.75) is 12.8 Å². The van der Waals surface area contributed by atoms with Crippen LogP contribution in [0, 0.1) is 5.82 Å². The van der Waals surface area contributed by atoms with Gasteiger partial charge in [-0.2, -0.15) is 0 Å². The lowest BCUT2D eigenvalue weighted by Crippen LogP contribution is -1.92. The van der Waals surface area contributed by atoms with Crippen molar-refractivity contribution in [2.24, 2.45) is 0 Å². The number of fused-ring (bicyclic) bond motifs is 2. The molecule has 1 N–H and O–H groups in total. The van der Waals surface area contributed by atoms with Crippen LogP contribution in [-0.4, -0.2) is 14.1 Å². The Morgan fingerprint density at radius 1 is 0.947 bits per heavy atom. The first-order chi connectivity index (χ1) is 9.26. The van der Waals surface area contributed by atoms with E-state index in [0.717, 1.165) is 17.7 Å². The Kier molecular flexibility index (Phi) is 4.53. The zero-order valence-electron chi connectivity index (χ0n) is 11.2. The van der Waals surface area contributed by atoms with Crippen molar-refractivity contribution in [1.82, 2.24) is 5.32 Å². The maximum atomic E-state index is 13.6. The summed E-state index contributed by atoms with van der Waals surface area (Å²) in [4.78, 5) is 0. The zero-order chi connectivity index (χ0) is 13.7. The van der Waals surface area contributed by atoms with Gasteiger partial charge in [-0.1, -0.05) is 24.3 Å². The first kappa shape index (κ1) is 13.6. The summed E-state index contributed by atoms with van der Waals surface area (Å²) in [5, 5.41) is 2.75. The fourth-order valence-electron chi connectivity index (χ4n) is 2.07. The molecule has 3 rings (SSSR count). The van der Waals surface area contributed by atoms with Gasteiger partial charge in [-0.05, 0) is 50.7 Å². The molecule has 1 aliphatic heterocycles. The molecule has 0 amide bonds. The van der Waals surface area contributed by atoms with E-state index >= 15 is 0 Å². The van der Waals surface area contributed by atoms with E-state index < -0.39 is 0 Å². The topological polar surface area (TPSA) is 21.3 Å². The van der Waals surface area contributed by atoms with E-state index in [2.05, 4.69) is 5.32 Å². The molecule has 100 valence electrons. The van der Waals surface area contributed by atoms with Crippen LogP contribution in [0.15, 0.2) is 42.5 Å². The number of hydrogen-bond donors (Lipinski definition) is 1. The van der Waals surface area contributed by atoms with E-state index in [9.17, 15) is 4.39 Å². The molecule has 2 aromatic carbocycles. The first-order valence-electron chi connectivity index (χ1n) is 6.38. The normalized spacial score (nSPS) is 12.2. The molecule has 0 radical (unpaired) electrons. The maximum absolute atomic E-state index is 13.6. The lowest BCUT2D eigenvalue weighted by molar-refractivity contribution is 0.472. The summed E-state index contributed by atoms with van der Waals surface area (Å²) < 4.78 is 19.3. The Hall–Kier alpha value is -1.87. The van der Waals surface area contributed by atoms with Crippen molar-refractivity contribution in [3.05, 3.63) is 59.4 Å². The van der Waals surface area contributed by atoms with Gasteiger partial charge >= 0.3 is 0 Å². The minimum Gasteiger partial charge on any atom is -0.457 e. The number of nitrogens with one attached hydrogen (secondary N) is 1. The molecule has 0 unspecified atom stereocenters. The summed E-state index contributed by atoms with van der Waals surface area (Å²) in [5.41, 5.74) is 1.82. The zero-order valence-corrected chi connectivity index (χ0v) is 11.2. The van der Waals surface area contributed by atoms with Gasteiger partial charge in [-0.25, -0.2) is 4.39 Å². The highest BCUT2D eigenvalue weighted by atomic mass is 19.1. The predicted molar refractivity (Wildman–Crippen MR) is 75.3 cm³/mol. The standard InChI is InChI=1S/C14H11FO.C2H7N/c15-12-5-3-7-14-11(12)9-8-10-4-1-2-6-13(10)16-14;1-3-2/h1-7H,8-9H2;3H,1-2H3. The fraction of sp³-hybridized carbons (Fsp3) is 0.250. The summed E-state index contributed by atoms with van der Waals surface area (Å²) in [5.74, 6) is 1.31. The van der Waals surface area contributed by atoms with Crippen molar-refractivity contribution < 1.29 is 9.13 Å². The number of rotatable bonds is 0. The summed E-state index contributed by atoms with van der Waals surface area (Å²) in [6.07, 6.45) is 1.52. The van der Waals surface area contributed by atoms with Gasteiger partial charge in [0, 0.05) is 5.56 Å². The third-order valence-corrected chi connectivity index (χ3v) is 2.91. The second-order valence-electron chi connectivity index (χ2n) is 4.43. The highest BCUT2D eigenvalue weighted by Crippen LogP contribution is 2.34. The number of halogens is 1. The largest absolute Gasteiger partial charge is 0.457 e. The third kappa shape index (κ3) is 3.12. The van der Waals surface area contributed by atoms with Gasteiger partial charge in [-0.3, -0.25) is 0 Å². The van der Waals surface area contributed by atoms with Crippen molar-refractivity contribution in [3.8, 4) is 11.5 Å². The van der Waals surface area contributed by atoms with Gasteiger partial charge in [0.1, 0.15) is 17.3 Å². The molecule has 1 heterocycles. The minimum absolute atomic E-state index is 0.176. The van der Waals surface area contributed by atoms with Crippen LogP contribution in [0.4, 0.5) is 4.39 Å². The molecule has 0 saturated heterocycles. The van der Waals surface area contributed by atoms with Gasteiger partial charge in [0.15, 0.2) is 0 Å². The minimum atomic E-state index is -0.176. The highest BCUT2D eigenvalue weighted by molar-refractivity contribution is 5.45. The Labute approximate surface area is 113 Å². The summed E-state index contributed by atoms with van der Waals surface area (Å²) in [7, 11) is 3.75. The molecule has 0 aliphatic carbocycles. The molecule has 0 fully saturated rings. The van der Waals surface area contributed by atoms with Gasteiger partial charge in [0.05, 0.1) is 0 Å². The Morgan fingerprint density at radius 2 is 1.63 bits per heavy atom. The molecule has 2 nitrogen and oxygen atoms in total. The molecular formula is C16H18FNO. The molecule has 19 heavy (non-hydrogen) atoms. The monoisotopic (exact) mass is 259 g/mol. The molecule has 0 atom stereocenters. The van der Waals surface area contributed by atoms with E-state index in [1.807, 2.05) is 44.4 Å². The molecule has 0 aromatic heterocycles. The van der Waals surface area contributed by atoms with Crippen molar-refractivity contribution in [3.63, 3.8) is 0 Å². The lowest BCUT2D eigenvalue weighted by atomic mass is 10.0. The van der Waals surface area contributed by atoms with E-state index in [1.165, 1.54) is 6.07 Å². The quantitative estimate of drug-likeness (QED) is 0.781. The smallest absolute Gasteiger partial charge is 0.133 e.